The van der Waals surface area contributed by atoms with Crippen LogP contribution in [0, 0.1) is 10.1 Å². The second-order valence-electron chi connectivity index (χ2n) is 5.08. The first-order chi connectivity index (χ1) is 13.1. The van der Waals surface area contributed by atoms with E-state index in [9.17, 15) is 14.9 Å². The summed E-state index contributed by atoms with van der Waals surface area (Å²) in [5.41, 5.74) is 4.51. The number of nitro groups is 1. The Labute approximate surface area is 157 Å². The highest BCUT2D eigenvalue weighted by Crippen LogP contribution is 2.30. The summed E-state index contributed by atoms with van der Waals surface area (Å²) in [6.07, 6.45) is 2.64. The van der Waals surface area contributed by atoms with E-state index in [0.717, 1.165) is 6.33 Å². The predicted octanol–water partition coefficient (Wildman–Crippen LogP) is 2.93. The van der Waals surface area contributed by atoms with Crippen LogP contribution in [0.3, 0.4) is 0 Å². The second-order valence-corrected chi connectivity index (χ2v) is 5.48. The van der Waals surface area contributed by atoms with Gasteiger partial charge in [0.25, 0.3) is 5.91 Å². The number of hydrogen-bond acceptors (Lipinski definition) is 8. The number of hydrazine groups is 1. The molecule has 0 unspecified atom stereocenters. The summed E-state index contributed by atoms with van der Waals surface area (Å²) in [5, 5.41) is 14.5. The molecule has 27 heavy (non-hydrogen) atoms. The largest absolute Gasteiger partial charge is 0.355 e. The van der Waals surface area contributed by atoms with E-state index < -0.39 is 16.5 Å². The van der Waals surface area contributed by atoms with Gasteiger partial charge in [0, 0.05) is 6.20 Å². The van der Waals surface area contributed by atoms with E-state index in [2.05, 4.69) is 31.1 Å². The van der Waals surface area contributed by atoms with Gasteiger partial charge in [-0.3, -0.25) is 25.8 Å². The van der Waals surface area contributed by atoms with Gasteiger partial charge in [0.15, 0.2) is 0 Å². The molecule has 0 spiro atoms. The molecule has 3 aromatic rings. The zero-order valence-electron chi connectivity index (χ0n) is 13.6. The smallest absolute Gasteiger partial charge is 0.319 e. The van der Waals surface area contributed by atoms with E-state index in [0.29, 0.717) is 5.82 Å². The number of aromatic nitrogens is 3. The van der Waals surface area contributed by atoms with Crippen LogP contribution in [0.2, 0.25) is 5.02 Å². The molecule has 1 aromatic carbocycles. The van der Waals surface area contributed by atoms with E-state index in [4.69, 9.17) is 11.6 Å². The summed E-state index contributed by atoms with van der Waals surface area (Å²) in [6.45, 7) is 0. The van der Waals surface area contributed by atoms with E-state index in [1.165, 1.54) is 12.3 Å². The molecule has 0 bridgehead atoms. The number of rotatable bonds is 6. The Kier molecular flexibility index (Phi) is 5.38. The molecule has 11 heteroatoms. The van der Waals surface area contributed by atoms with Crippen LogP contribution in [0.1, 0.15) is 10.4 Å². The Hall–Kier alpha value is -3.79. The van der Waals surface area contributed by atoms with Gasteiger partial charge in [0.05, 0.1) is 15.5 Å². The Morgan fingerprint density at radius 3 is 2.48 bits per heavy atom. The van der Waals surface area contributed by atoms with Crippen LogP contribution < -0.4 is 16.2 Å². The normalized spacial score (nSPS) is 10.1. The molecule has 0 aliphatic rings. The van der Waals surface area contributed by atoms with Crippen LogP contribution in [0.5, 0.6) is 0 Å². The van der Waals surface area contributed by atoms with Gasteiger partial charge >= 0.3 is 5.69 Å². The van der Waals surface area contributed by atoms with E-state index in [-0.39, 0.29) is 22.2 Å². The van der Waals surface area contributed by atoms with Crippen molar-refractivity contribution in [2.45, 2.75) is 0 Å². The van der Waals surface area contributed by atoms with Crippen LogP contribution in [-0.4, -0.2) is 25.8 Å². The number of carbonyl (C=O) groups is 1. The molecule has 0 saturated carbocycles. The van der Waals surface area contributed by atoms with Gasteiger partial charge in [0.2, 0.25) is 11.6 Å². The molecular weight excluding hydrogens is 374 g/mol. The number of pyridine rings is 1. The molecule has 0 saturated heterocycles. The average molecular weight is 386 g/mol. The third-order valence-electron chi connectivity index (χ3n) is 3.33. The monoisotopic (exact) mass is 385 g/mol. The molecule has 3 N–H and O–H groups in total. The Balaban J connectivity index is 1.83. The van der Waals surface area contributed by atoms with E-state index in [1.807, 2.05) is 0 Å². The fourth-order valence-corrected chi connectivity index (χ4v) is 2.34. The van der Waals surface area contributed by atoms with Crippen LogP contribution >= 0.6 is 11.6 Å². The maximum Gasteiger partial charge on any atom is 0.355 e. The summed E-state index contributed by atoms with van der Waals surface area (Å²) in [5.74, 6) is -0.491. The lowest BCUT2D eigenvalue weighted by molar-refractivity contribution is -0.383. The second kappa shape index (κ2) is 8.06. The molecule has 2 heterocycles. The topological polar surface area (TPSA) is 135 Å². The van der Waals surface area contributed by atoms with Crippen LogP contribution in [0.15, 0.2) is 55.0 Å². The quantitative estimate of drug-likeness (QED) is 0.435. The fourth-order valence-electron chi connectivity index (χ4n) is 2.12. The lowest BCUT2D eigenvalue weighted by atomic mass is 10.2. The Morgan fingerprint density at radius 2 is 1.78 bits per heavy atom. The summed E-state index contributed by atoms with van der Waals surface area (Å²) < 4.78 is 0. The van der Waals surface area contributed by atoms with Crippen molar-refractivity contribution in [3.05, 3.63) is 75.7 Å². The number of nitrogens with one attached hydrogen (secondary N) is 3. The molecule has 0 atom stereocenters. The van der Waals surface area contributed by atoms with Gasteiger partial charge in [0.1, 0.15) is 12.1 Å². The average Bonchev–Trinajstić information content (AvgIpc) is 2.67. The standard InChI is InChI=1S/C16H12ClN7O3/c17-11-6-2-1-5-10(11)16(25)23-22-15-13(24(26)27)14(19-9-20-15)21-12-7-3-4-8-18-12/h1-9H,(H,23,25)(H2,18,19,20,21,22). The van der Waals surface area contributed by atoms with E-state index in [1.54, 1.807) is 36.4 Å². The molecule has 0 fully saturated rings. The molecule has 0 radical (unpaired) electrons. The zero-order valence-corrected chi connectivity index (χ0v) is 14.3. The lowest BCUT2D eigenvalue weighted by Gasteiger charge is -2.11. The fraction of sp³-hybridized carbons (Fsp3) is 0. The van der Waals surface area contributed by atoms with Crippen molar-refractivity contribution in [2.24, 2.45) is 0 Å². The highest BCUT2D eigenvalue weighted by molar-refractivity contribution is 6.33. The number of carbonyl (C=O) groups excluding carboxylic acids is 1. The van der Waals surface area contributed by atoms with Crippen LogP contribution in [-0.2, 0) is 0 Å². The molecule has 0 aliphatic heterocycles. The number of anilines is 3. The lowest BCUT2D eigenvalue weighted by Crippen LogP contribution is -2.30. The van der Waals surface area contributed by atoms with Crippen molar-refractivity contribution < 1.29 is 9.72 Å². The minimum Gasteiger partial charge on any atom is -0.319 e. The number of benzene rings is 1. The summed E-state index contributed by atoms with van der Waals surface area (Å²) in [7, 11) is 0. The first-order valence-electron chi connectivity index (χ1n) is 7.54. The van der Waals surface area contributed by atoms with Crippen LogP contribution in [0.4, 0.5) is 23.1 Å². The highest BCUT2D eigenvalue weighted by Gasteiger charge is 2.24. The number of halogens is 1. The predicted molar refractivity (Wildman–Crippen MR) is 98.7 cm³/mol. The minimum atomic E-state index is -0.671. The van der Waals surface area contributed by atoms with Crippen molar-refractivity contribution in [3.8, 4) is 0 Å². The maximum absolute atomic E-state index is 12.2. The van der Waals surface area contributed by atoms with Gasteiger partial charge in [-0.05, 0) is 24.3 Å². The van der Waals surface area contributed by atoms with Crippen molar-refractivity contribution in [1.82, 2.24) is 20.4 Å². The van der Waals surface area contributed by atoms with Crippen molar-refractivity contribution in [1.29, 1.82) is 0 Å². The van der Waals surface area contributed by atoms with Crippen molar-refractivity contribution >= 4 is 40.6 Å². The third-order valence-corrected chi connectivity index (χ3v) is 3.66. The molecule has 3 rings (SSSR count). The highest BCUT2D eigenvalue weighted by atomic mass is 35.5. The molecule has 1 amide bonds. The Morgan fingerprint density at radius 1 is 1.04 bits per heavy atom. The third kappa shape index (κ3) is 4.25. The first kappa shape index (κ1) is 18.0. The van der Waals surface area contributed by atoms with Crippen LogP contribution in [0.25, 0.3) is 0 Å². The van der Waals surface area contributed by atoms with Gasteiger partial charge < -0.3 is 5.32 Å². The number of hydrogen-bond donors (Lipinski definition) is 3. The van der Waals surface area contributed by atoms with Gasteiger partial charge in [-0.15, -0.1) is 0 Å². The molecule has 2 aromatic heterocycles. The van der Waals surface area contributed by atoms with E-state index >= 15 is 0 Å². The molecule has 10 nitrogen and oxygen atoms in total. The number of nitrogens with zero attached hydrogens (tertiary/aromatic N) is 4. The summed E-state index contributed by atoms with van der Waals surface area (Å²) >= 11 is 5.96. The molecule has 136 valence electrons. The number of amides is 1. The zero-order chi connectivity index (χ0) is 19.2. The summed E-state index contributed by atoms with van der Waals surface area (Å²) in [4.78, 5) is 34.7. The van der Waals surface area contributed by atoms with Gasteiger partial charge in [-0.2, -0.15) is 0 Å². The van der Waals surface area contributed by atoms with Crippen molar-refractivity contribution in [2.75, 3.05) is 10.7 Å². The molecule has 0 aliphatic carbocycles. The van der Waals surface area contributed by atoms with Gasteiger partial charge in [-0.1, -0.05) is 29.8 Å². The summed E-state index contributed by atoms with van der Waals surface area (Å²) in [6, 6.07) is 11.4. The first-order valence-corrected chi connectivity index (χ1v) is 7.92. The maximum atomic E-state index is 12.2. The SMILES string of the molecule is O=C(NNc1ncnc(Nc2ccccn2)c1[N+](=O)[O-])c1ccccc1Cl. The van der Waals surface area contributed by atoms with Crippen molar-refractivity contribution in [3.63, 3.8) is 0 Å². The molecular formula is C16H12ClN7O3. The Bertz CT molecular complexity index is 985. The van der Waals surface area contributed by atoms with Gasteiger partial charge in [-0.25, -0.2) is 15.0 Å². The minimum absolute atomic E-state index is 0.0804.